The van der Waals surface area contributed by atoms with Gasteiger partial charge in [0.15, 0.2) is 0 Å². The molecule has 4 aromatic carbocycles. The van der Waals surface area contributed by atoms with Crippen LogP contribution in [0.4, 0.5) is 0 Å². The first-order valence-electron chi connectivity index (χ1n) is 10.0. The number of benzene rings is 4. The van der Waals surface area contributed by atoms with Gasteiger partial charge < -0.3 is 15.7 Å². The van der Waals surface area contributed by atoms with Crippen molar-refractivity contribution in [3.63, 3.8) is 0 Å². The molecule has 0 aromatic heterocycles. The molecule has 4 aromatic rings. The summed E-state index contributed by atoms with van der Waals surface area (Å²) in [6, 6.07) is 27.6. The second-order valence-corrected chi connectivity index (χ2v) is 7.27. The molecule has 154 valence electrons. The van der Waals surface area contributed by atoms with Crippen LogP contribution in [0.15, 0.2) is 91.0 Å². The van der Waals surface area contributed by atoms with E-state index in [0.29, 0.717) is 24.0 Å². The van der Waals surface area contributed by atoms with E-state index in [0.717, 1.165) is 16.5 Å². The Morgan fingerprint density at radius 2 is 1.23 bits per heavy atom. The molecule has 0 bridgehead atoms. The summed E-state index contributed by atoms with van der Waals surface area (Å²) in [6.45, 7) is 0.791. The van der Waals surface area contributed by atoms with Gasteiger partial charge in [0.2, 0.25) is 0 Å². The maximum Gasteiger partial charge on any atom is 0.255 e. The molecule has 0 aliphatic heterocycles. The first kappa shape index (κ1) is 20.2. The fourth-order valence-corrected chi connectivity index (χ4v) is 3.36. The molecular weight excluding hydrogens is 388 g/mol. The number of hydrogen-bond acceptors (Lipinski definition) is 3. The van der Waals surface area contributed by atoms with Crippen LogP contribution in [-0.4, -0.2) is 16.9 Å². The SMILES string of the molecule is O=C(NCc1ccccc1)c1ccc2cc(O)c(C(=O)NCc3ccccc3)cc2c1. The number of phenolic OH excluding ortho intramolecular Hbond substituents is 1. The van der Waals surface area contributed by atoms with Crippen LogP contribution in [0, 0.1) is 0 Å². The van der Waals surface area contributed by atoms with Crippen LogP contribution in [0.2, 0.25) is 0 Å². The van der Waals surface area contributed by atoms with Crippen LogP contribution in [0.3, 0.4) is 0 Å². The highest BCUT2D eigenvalue weighted by atomic mass is 16.3. The van der Waals surface area contributed by atoms with Gasteiger partial charge in [-0.1, -0.05) is 66.7 Å². The second kappa shape index (κ2) is 9.13. The van der Waals surface area contributed by atoms with Crippen molar-refractivity contribution in [2.24, 2.45) is 0 Å². The Hall–Kier alpha value is -4.12. The molecule has 4 rings (SSSR count). The van der Waals surface area contributed by atoms with E-state index in [1.54, 1.807) is 30.3 Å². The fourth-order valence-electron chi connectivity index (χ4n) is 3.36. The molecule has 0 saturated carbocycles. The fraction of sp³-hybridized carbons (Fsp3) is 0.0769. The lowest BCUT2D eigenvalue weighted by Gasteiger charge is -2.10. The number of fused-ring (bicyclic) bond motifs is 1. The summed E-state index contributed by atoms with van der Waals surface area (Å²) in [7, 11) is 0. The minimum atomic E-state index is -0.373. The van der Waals surface area contributed by atoms with Gasteiger partial charge in [0, 0.05) is 18.7 Å². The highest BCUT2D eigenvalue weighted by molar-refractivity contribution is 6.03. The maximum atomic E-state index is 12.6. The second-order valence-electron chi connectivity index (χ2n) is 7.27. The molecule has 0 atom stereocenters. The molecule has 0 aliphatic rings. The first-order chi connectivity index (χ1) is 15.1. The molecule has 5 heteroatoms. The summed E-state index contributed by atoms with van der Waals surface area (Å²) < 4.78 is 0. The average molecular weight is 410 g/mol. The molecular formula is C26H22N2O3. The topological polar surface area (TPSA) is 78.4 Å². The number of aromatic hydroxyl groups is 1. The molecule has 0 saturated heterocycles. The molecule has 31 heavy (non-hydrogen) atoms. The van der Waals surface area contributed by atoms with E-state index < -0.39 is 0 Å². The minimum Gasteiger partial charge on any atom is -0.507 e. The quantitative estimate of drug-likeness (QED) is 0.441. The largest absolute Gasteiger partial charge is 0.507 e. The molecule has 0 spiro atoms. The summed E-state index contributed by atoms with van der Waals surface area (Å²) >= 11 is 0. The van der Waals surface area contributed by atoms with Gasteiger partial charge in [0.1, 0.15) is 5.75 Å². The Labute approximate surface area is 180 Å². The van der Waals surface area contributed by atoms with Gasteiger partial charge in [-0.2, -0.15) is 0 Å². The number of amides is 2. The molecule has 5 nitrogen and oxygen atoms in total. The predicted octanol–water partition coefficient (Wildman–Crippen LogP) is 4.41. The molecule has 0 fully saturated rings. The lowest BCUT2D eigenvalue weighted by atomic mass is 10.0. The van der Waals surface area contributed by atoms with Crippen molar-refractivity contribution in [3.8, 4) is 5.75 Å². The van der Waals surface area contributed by atoms with Crippen molar-refractivity contribution in [2.75, 3.05) is 0 Å². The van der Waals surface area contributed by atoms with Crippen LogP contribution in [0.25, 0.3) is 10.8 Å². The van der Waals surface area contributed by atoms with Crippen molar-refractivity contribution in [2.45, 2.75) is 13.1 Å². The summed E-state index contributed by atoms with van der Waals surface area (Å²) in [4.78, 5) is 25.2. The van der Waals surface area contributed by atoms with Gasteiger partial charge in [-0.15, -0.1) is 0 Å². The van der Waals surface area contributed by atoms with Crippen LogP contribution in [-0.2, 0) is 13.1 Å². The van der Waals surface area contributed by atoms with E-state index in [1.807, 2.05) is 60.7 Å². The van der Waals surface area contributed by atoms with Gasteiger partial charge in [-0.3, -0.25) is 9.59 Å². The van der Waals surface area contributed by atoms with Crippen LogP contribution in [0.5, 0.6) is 5.75 Å². The van der Waals surface area contributed by atoms with Gasteiger partial charge >= 0.3 is 0 Å². The highest BCUT2D eigenvalue weighted by Gasteiger charge is 2.14. The molecule has 0 radical (unpaired) electrons. The summed E-state index contributed by atoms with van der Waals surface area (Å²) in [6.07, 6.45) is 0. The molecule has 2 amide bonds. The number of hydrogen-bond donors (Lipinski definition) is 3. The smallest absolute Gasteiger partial charge is 0.255 e. The van der Waals surface area contributed by atoms with Crippen LogP contribution >= 0.6 is 0 Å². The molecule has 3 N–H and O–H groups in total. The molecule has 0 unspecified atom stereocenters. The predicted molar refractivity (Wildman–Crippen MR) is 121 cm³/mol. The number of rotatable bonds is 6. The van der Waals surface area contributed by atoms with E-state index in [9.17, 15) is 14.7 Å². The lowest BCUT2D eigenvalue weighted by Crippen LogP contribution is -2.23. The minimum absolute atomic E-state index is 0.0978. The van der Waals surface area contributed by atoms with E-state index in [1.165, 1.54) is 0 Å². The Bertz CT molecular complexity index is 1220. The van der Waals surface area contributed by atoms with Gasteiger partial charge in [-0.25, -0.2) is 0 Å². The molecule has 0 aliphatic carbocycles. The number of phenols is 1. The zero-order valence-electron chi connectivity index (χ0n) is 16.8. The van der Waals surface area contributed by atoms with Crippen molar-refractivity contribution >= 4 is 22.6 Å². The van der Waals surface area contributed by atoms with E-state index in [-0.39, 0.29) is 23.1 Å². The Balaban J connectivity index is 1.51. The van der Waals surface area contributed by atoms with Crippen molar-refractivity contribution in [3.05, 3.63) is 113 Å². The summed E-state index contributed by atoms with van der Waals surface area (Å²) in [5.74, 6) is -0.671. The normalized spacial score (nSPS) is 10.6. The zero-order chi connectivity index (χ0) is 21.6. The first-order valence-corrected chi connectivity index (χ1v) is 10.0. The Kier molecular flexibility index (Phi) is 5.94. The number of nitrogens with one attached hydrogen (secondary N) is 2. The Morgan fingerprint density at radius 3 is 1.84 bits per heavy atom. The third-order valence-corrected chi connectivity index (χ3v) is 5.05. The van der Waals surface area contributed by atoms with Crippen molar-refractivity contribution in [1.29, 1.82) is 0 Å². The van der Waals surface area contributed by atoms with Crippen molar-refractivity contribution < 1.29 is 14.7 Å². The zero-order valence-corrected chi connectivity index (χ0v) is 16.8. The number of carbonyl (C=O) groups excluding carboxylic acids is 2. The highest BCUT2D eigenvalue weighted by Crippen LogP contribution is 2.26. The standard InChI is InChI=1S/C26H22N2O3/c29-24-15-20-11-12-21(25(30)27-16-18-7-3-1-4-8-18)13-22(20)14-23(24)26(31)28-17-19-9-5-2-6-10-19/h1-15,29H,16-17H2,(H,27,30)(H,28,31). The summed E-state index contributed by atoms with van der Waals surface area (Å²) in [5.41, 5.74) is 2.64. The third kappa shape index (κ3) is 4.90. The van der Waals surface area contributed by atoms with Crippen LogP contribution in [0.1, 0.15) is 31.8 Å². The van der Waals surface area contributed by atoms with E-state index in [2.05, 4.69) is 10.6 Å². The van der Waals surface area contributed by atoms with Gasteiger partial charge in [0.25, 0.3) is 11.8 Å². The third-order valence-electron chi connectivity index (χ3n) is 5.05. The van der Waals surface area contributed by atoms with Crippen molar-refractivity contribution in [1.82, 2.24) is 10.6 Å². The van der Waals surface area contributed by atoms with Gasteiger partial charge in [0.05, 0.1) is 5.56 Å². The van der Waals surface area contributed by atoms with Gasteiger partial charge in [-0.05, 0) is 46.2 Å². The van der Waals surface area contributed by atoms with Crippen LogP contribution < -0.4 is 10.6 Å². The summed E-state index contributed by atoms with van der Waals surface area (Å²) in [5, 5.41) is 17.5. The van der Waals surface area contributed by atoms with E-state index >= 15 is 0 Å². The monoisotopic (exact) mass is 410 g/mol. The average Bonchev–Trinajstić information content (AvgIpc) is 2.81. The van der Waals surface area contributed by atoms with E-state index in [4.69, 9.17) is 0 Å². The molecule has 0 heterocycles. The Morgan fingerprint density at radius 1 is 0.645 bits per heavy atom. The maximum absolute atomic E-state index is 12.6. The lowest BCUT2D eigenvalue weighted by molar-refractivity contribution is 0.0942. The number of carbonyl (C=O) groups is 2.